The lowest BCUT2D eigenvalue weighted by atomic mass is 10.1. The molecule has 0 amide bonds. The fourth-order valence-corrected chi connectivity index (χ4v) is 3.95. The summed E-state index contributed by atoms with van der Waals surface area (Å²) in [6, 6.07) is 6.43. The molecule has 0 heterocycles. The van der Waals surface area contributed by atoms with Crippen LogP contribution in [0.4, 0.5) is 4.39 Å². The minimum atomic E-state index is -4.17. The molecule has 5 nitrogen and oxygen atoms in total. The van der Waals surface area contributed by atoms with Gasteiger partial charge in [0, 0.05) is 15.6 Å². The fourth-order valence-electron chi connectivity index (χ4n) is 1.90. The van der Waals surface area contributed by atoms with E-state index in [4.69, 9.17) is 34.0 Å². The number of carbonyl (C=O) groups is 1. The van der Waals surface area contributed by atoms with E-state index in [1.54, 1.807) is 0 Å². The molecule has 1 unspecified atom stereocenters. The van der Waals surface area contributed by atoms with Gasteiger partial charge in [-0.15, -0.1) is 0 Å². The molecule has 0 fully saturated rings. The standard InChI is InChI=1S/C14H10Cl2FNO4S/c15-8-4-9(16)6-10(5-8)23(21,22)13(18)11-2-1-7(14(19)20)3-12(11)17/h1-6,13H,18H2,(H,19,20). The molecule has 0 saturated carbocycles. The first-order valence-corrected chi connectivity index (χ1v) is 8.41. The maximum Gasteiger partial charge on any atom is 0.335 e. The van der Waals surface area contributed by atoms with Gasteiger partial charge in [-0.05, 0) is 30.3 Å². The van der Waals surface area contributed by atoms with Crippen LogP contribution in [0.1, 0.15) is 21.3 Å². The lowest BCUT2D eigenvalue weighted by molar-refractivity contribution is 0.0696. The van der Waals surface area contributed by atoms with E-state index in [9.17, 15) is 17.6 Å². The number of hydrogen-bond donors (Lipinski definition) is 2. The van der Waals surface area contributed by atoms with Crippen molar-refractivity contribution in [3.05, 3.63) is 63.4 Å². The summed E-state index contributed by atoms with van der Waals surface area (Å²) in [6.07, 6.45) is 0. The van der Waals surface area contributed by atoms with E-state index < -0.39 is 27.0 Å². The molecule has 1 atom stereocenters. The highest BCUT2D eigenvalue weighted by molar-refractivity contribution is 7.91. The molecule has 0 bridgehead atoms. The van der Waals surface area contributed by atoms with E-state index in [2.05, 4.69) is 0 Å². The van der Waals surface area contributed by atoms with Crippen molar-refractivity contribution in [2.75, 3.05) is 0 Å². The van der Waals surface area contributed by atoms with Gasteiger partial charge in [0.2, 0.25) is 0 Å². The quantitative estimate of drug-likeness (QED) is 0.851. The fraction of sp³-hybridized carbons (Fsp3) is 0.0714. The van der Waals surface area contributed by atoms with Crippen LogP contribution in [0, 0.1) is 5.82 Å². The van der Waals surface area contributed by atoms with E-state index in [-0.39, 0.29) is 26.1 Å². The minimum Gasteiger partial charge on any atom is -0.478 e. The Morgan fingerprint density at radius 1 is 1.13 bits per heavy atom. The van der Waals surface area contributed by atoms with Crippen LogP contribution in [-0.4, -0.2) is 19.5 Å². The van der Waals surface area contributed by atoms with Gasteiger partial charge >= 0.3 is 5.97 Å². The molecule has 0 aliphatic rings. The van der Waals surface area contributed by atoms with Crippen LogP contribution < -0.4 is 5.73 Å². The molecule has 0 saturated heterocycles. The summed E-state index contributed by atoms with van der Waals surface area (Å²) >= 11 is 11.5. The maximum absolute atomic E-state index is 14.0. The minimum absolute atomic E-state index is 0.0879. The predicted octanol–water partition coefficient (Wildman–Crippen LogP) is 3.26. The van der Waals surface area contributed by atoms with Crippen molar-refractivity contribution in [1.82, 2.24) is 0 Å². The van der Waals surface area contributed by atoms with E-state index in [1.807, 2.05) is 0 Å². The first kappa shape index (κ1) is 17.7. The SMILES string of the molecule is NC(c1ccc(C(=O)O)cc1F)S(=O)(=O)c1cc(Cl)cc(Cl)c1. The van der Waals surface area contributed by atoms with Crippen LogP contribution >= 0.6 is 23.2 Å². The van der Waals surface area contributed by atoms with Crippen LogP contribution in [0.3, 0.4) is 0 Å². The number of carboxylic acids is 1. The topological polar surface area (TPSA) is 97.5 Å². The Labute approximate surface area is 141 Å². The van der Waals surface area contributed by atoms with Crippen molar-refractivity contribution in [3.63, 3.8) is 0 Å². The van der Waals surface area contributed by atoms with Crippen molar-refractivity contribution in [3.8, 4) is 0 Å². The van der Waals surface area contributed by atoms with Crippen molar-refractivity contribution in [2.24, 2.45) is 5.73 Å². The normalized spacial score (nSPS) is 12.9. The zero-order chi connectivity index (χ0) is 17.4. The van der Waals surface area contributed by atoms with Crippen molar-refractivity contribution >= 4 is 39.0 Å². The first-order chi connectivity index (χ1) is 10.6. The number of rotatable bonds is 4. The van der Waals surface area contributed by atoms with Gasteiger partial charge in [0.25, 0.3) is 0 Å². The Morgan fingerprint density at radius 2 is 1.70 bits per heavy atom. The van der Waals surface area contributed by atoms with Gasteiger partial charge in [-0.3, -0.25) is 0 Å². The number of benzene rings is 2. The molecule has 0 radical (unpaired) electrons. The summed E-state index contributed by atoms with van der Waals surface area (Å²) in [5, 5.41) is 7.23. The molecule has 122 valence electrons. The second kappa shape index (κ2) is 6.45. The van der Waals surface area contributed by atoms with Crippen molar-refractivity contribution < 1.29 is 22.7 Å². The third kappa shape index (κ3) is 3.64. The predicted molar refractivity (Wildman–Crippen MR) is 83.9 cm³/mol. The molecule has 2 aromatic carbocycles. The summed E-state index contributed by atoms with van der Waals surface area (Å²) in [4.78, 5) is 10.5. The highest BCUT2D eigenvalue weighted by Gasteiger charge is 2.29. The van der Waals surface area contributed by atoms with Gasteiger partial charge < -0.3 is 10.8 Å². The molecule has 2 aromatic rings. The van der Waals surface area contributed by atoms with Crippen LogP contribution in [0.5, 0.6) is 0 Å². The summed E-state index contributed by atoms with van der Waals surface area (Å²) in [7, 11) is -4.17. The number of aromatic carboxylic acids is 1. The third-order valence-corrected chi connectivity index (χ3v) is 5.30. The average Bonchev–Trinajstić information content (AvgIpc) is 2.45. The molecule has 0 spiro atoms. The largest absolute Gasteiger partial charge is 0.478 e. The van der Waals surface area contributed by atoms with Gasteiger partial charge in [0.1, 0.15) is 11.2 Å². The first-order valence-electron chi connectivity index (χ1n) is 6.11. The molecular weight excluding hydrogens is 368 g/mol. The Balaban J connectivity index is 2.50. The van der Waals surface area contributed by atoms with E-state index >= 15 is 0 Å². The van der Waals surface area contributed by atoms with Crippen molar-refractivity contribution in [1.29, 1.82) is 0 Å². The molecular formula is C14H10Cl2FNO4S. The number of nitrogens with two attached hydrogens (primary N) is 1. The highest BCUT2D eigenvalue weighted by atomic mass is 35.5. The molecule has 23 heavy (non-hydrogen) atoms. The molecule has 0 aromatic heterocycles. The van der Waals surface area contributed by atoms with Crippen LogP contribution in [0.15, 0.2) is 41.3 Å². The number of carboxylic acid groups (broad SMARTS) is 1. The maximum atomic E-state index is 14.0. The Kier molecular flexibility index (Phi) is 4.95. The lowest BCUT2D eigenvalue weighted by Crippen LogP contribution is -2.23. The van der Waals surface area contributed by atoms with E-state index in [1.165, 1.54) is 6.07 Å². The van der Waals surface area contributed by atoms with Gasteiger partial charge in [-0.25, -0.2) is 17.6 Å². The highest BCUT2D eigenvalue weighted by Crippen LogP contribution is 2.30. The summed E-state index contributed by atoms with van der Waals surface area (Å²) in [5.41, 5.74) is 5.00. The molecule has 0 aliphatic heterocycles. The molecule has 9 heteroatoms. The zero-order valence-electron chi connectivity index (χ0n) is 11.3. The zero-order valence-corrected chi connectivity index (χ0v) is 13.7. The van der Waals surface area contributed by atoms with Gasteiger partial charge in [0.05, 0.1) is 10.5 Å². The van der Waals surface area contributed by atoms with E-state index in [0.717, 1.165) is 24.3 Å². The lowest BCUT2D eigenvalue weighted by Gasteiger charge is -2.15. The monoisotopic (exact) mass is 377 g/mol. The molecule has 2 rings (SSSR count). The Hall–Kier alpha value is -1.67. The van der Waals surface area contributed by atoms with Gasteiger partial charge in [0.15, 0.2) is 9.84 Å². The molecule has 3 N–H and O–H groups in total. The Morgan fingerprint density at radius 3 is 2.17 bits per heavy atom. The Bertz CT molecular complexity index is 866. The summed E-state index contributed by atoms with van der Waals surface area (Å²) < 4.78 is 39.0. The summed E-state index contributed by atoms with van der Waals surface area (Å²) in [6.45, 7) is 0. The van der Waals surface area contributed by atoms with Gasteiger partial charge in [-0.1, -0.05) is 29.3 Å². The smallest absolute Gasteiger partial charge is 0.335 e. The number of sulfone groups is 1. The third-order valence-electron chi connectivity index (χ3n) is 3.05. The average molecular weight is 378 g/mol. The van der Waals surface area contributed by atoms with Crippen molar-refractivity contribution in [2.45, 2.75) is 10.3 Å². The van der Waals surface area contributed by atoms with Crippen LogP contribution in [-0.2, 0) is 9.84 Å². The van der Waals surface area contributed by atoms with Crippen LogP contribution in [0.25, 0.3) is 0 Å². The van der Waals surface area contributed by atoms with Gasteiger partial charge in [-0.2, -0.15) is 0 Å². The summed E-state index contributed by atoms with van der Waals surface area (Å²) in [5.74, 6) is -2.37. The number of halogens is 3. The second-order valence-electron chi connectivity index (χ2n) is 4.61. The van der Waals surface area contributed by atoms with E-state index in [0.29, 0.717) is 6.07 Å². The van der Waals surface area contributed by atoms with Crippen LogP contribution in [0.2, 0.25) is 10.0 Å². The number of hydrogen-bond acceptors (Lipinski definition) is 4. The molecule has 0 aliphatic carbocycles. The second-order valence-corrected chi connectivity index (χ2v) is 7.55.